The van der Waals surface area contributed by atoms with Crippen LogP contribution in [0.2, 0.25) is 0 Å². The van der Waals surface area contributed by atoms with Crippen LogP contribution in [0.25, 0.3) is 11.3 Å². The standard InChI is InChI=1S/C32H25N5O2/c1-21-19-23(35-31(38)26-11-3-2-10-25(26)27-12-6-7-17-33-27)15-16-24(21)32(39)37-20-22-9-8-18-34-30(22)36-28-13-4-5-14-29(28)37/h2-19H,20H2,1H3,(H,34,36)(H,35,38). The summed E-state index contributed by atoms with van der Waals surface area (Å²) in [7, 11) is 0. The first kappa shape index (κ1) is 24.1. The maximum atomic E-state index is 13.9. The minimum atomic E-state index is -0.244. The first-order valence-electron chi connectivity index (χ1n) is 12.6. The van der Waals surface area contributed by atoms with E-state index in [9.17, 15) is 9.59 Å². The number of para-hydroxylation sites is 2. The molecule has 0 saturated carbocycles. The van der Waals surface area contributed by atoms with E-state index < -0.39 is 0 Å². The van der Waals surface area contributed by atoms with Crippen LogP contribution in [-0.4, -0.2) is 21.8 Å². The van der Waals surface area contributed by atoms with Gasteiger partial charge in [0.2, 0.25) is 0 Å². The number of aromatic nitrogens is 2. The van der Waals surface area contributed by atoms with Gasteiger partial charge in [0.25, 0.3) is 11.8 Å². The summed E-state index contributed by atoms with van der Waals surface area (Å²) in [6, 6.07) is 29.9. The van der Waals surface area contributed by atoms with Gasteiger partial charge >= 0.3 is 0 Å². The van der Waals surface area contributed by atoms with Gasteiger partial charge in [0.15, 0.2) is 0 Å². The zero-order valence-electron chi connectivity index (χ0n) is 21.3. The molecule has 6 rings (SSSR count). The van der Waals surface area contributed by atoms with Crippen LogP contribution in [0.3, 0.4) is 0 Å². The number of hydrogen-bond acceptors (Lipinski definition) is 5. The Balaban J connectivity index is 1.28. The van der Waals surface area contributed by atoms with Gasteiger partial charge in [-0.3, -0.25) is 14.6 Å². The summed E-state index contributed by atoms with van der Waals surface area (Å²) in [6.07, 6.45) is 3.44. The van der Waals surface area contributed by atoms with Crippen LogP contribution < -0.4 is 15.5 Å². The number of pyridine rings is 2. The average molecular weight is 512 g/mol. The summed E-state index contributed by atoms with van der Waals surface area (Å²) in [5.74, 6) is 0.365. The second-order valence-corrected chi connectivity index (χ2v) is 9.29. The molecule has 3 heterocycles. The van der Waals surface area contributed by atoms with Gasteiger partial charge < -0.3 is 15.5 Å². The van der Waals surface area contributed by atoms with Crippen LogP contribution >= 0.6 is 0 Å². The number of rotatable bonds is 4. The fourth-order valence-electron chi connectivity index (χ4n) is 4.81. The molecule has 7 heteroatoms. The molecular weight excluding hydrogens is 486 g/mol. The molecule has 2 N–H and O–H groups in total. The lowest BCUT2D eigenvalue weighted by Gasteiger charge is -2.23. The maximum absolute atomic E-state index is 13.9. The van der Waals surface area contributed by atoms with Crippen molar-refractivity contribution in [3.8, 4) is 11.3 Å². The number of hydrogen-bond donors (Lipinski definition) is 2. The molecule has 0 unspecified atom stereocenters. The quantitative estimate of drug-likeness (QED) is 0.284. The van der Waals surface area contributed by atoms with Crippen molar-refractivity contribution in [1.29, 1.82) is 0 Å². The van der Waals surface area contributed by atoms with Crippen molar-refractivity contribution in [2.75, 3.05) is 15.5 Å². The van der Waals surface area contributed by atoms with E-state index in [-0.39, 0.29) is 11.8 Å². The van der Waals surface area contributed by atoms with E-state index in [2.05, 4.69) is 20.6 Å². The van der Waals surface area contributed by atoms with E-state index in [1.807, 2.05) is 85.8 Å². The smallest absolute Gasteiger partial charge is 0.258 e. The van der Waals surface area contributed by atoms with Crippen LogP contribution in [-0.2, 0) is 6.54 Å². The van der Waals surface area contributed by atoms with Crippen LogP contribution in [0.4, 0.5) is 22.9 Å². The molecule has 0 spiro atoms. The summed E-state index contributed by atoms with van der Waals surface area (Å²) in [6.45, 7) is 2.26. The number of carbonyl (C=O) groups excluding carboxylic acids is 2. The molecule has 7 nitrogen and oxygen atoms in total. The highest BCUT2D eigenvalue weighted by atomic mass is 16.2. The van der Waals surface area contributed by atoms with Gasteiger partial charge in [-0.2, -0.15) is 0 Å². The number of aryl methyl sites for hydroxylation is 1. The van der Waals surface area contributed by atoms with E-state index >= 15 is 0 Å². The normalized spacial score (nSPS) is 12.0. The molecule has 1 aliphatic heterocycles. The molecule has 190 valence electrons. The van der Waals surface area contributed by atoms with Gasteiger partial charge in [0.1, 0.15) is 5.82 Å². The predicted octanol–water partition coefficient (Wildman–Crippen LogP) is 6.61. The lowest BCUT2D eigenvalue weighted by Crippen LogP contribution is -2.30. The van der Waals surface area contributed by atoms with Crippen LogP contribution in [0.1, 0.15) is 31.8 Å². The summed E-state index contributed by atoms with van der Waals surface area (Å²) in [5, 5.41) is 6.34. The fourth-order valence-corrected chi connectivity index (χ4v) is 4.81. The van der Waals surface area contributed by atoms with Gasteiger partial charge in [-0.15, -0.1) is 0 Å². The molecule has 2 aromatic heterocycles. The Morgan fingerprint density at radius 1 is 0.821 bits per heavy atom. The van der Waals surface area contributed by atoms with Crippen molar-refractivity contribution >= 4 is 34.7 Å². The molecule has 2 amide bonds. The van der Waals surface area contributed by atoms with Gasteiger partial charge in [-0.1, -0.05) is 42.5 Å². The largest absolute Gasteiger partial charge is 0.338 e. The number of carbonyl (C=O) groups is 2. The van der Waals surface area contributed by atoms with Crippen LogP contribution in [0.15, 0.2) is 109 Å². The first-order chi connectivity index (χ1) is 19.1. The number of nitrogens with zero attached hydrogens (tertiary/aromatic N) is 3. The molecule has 0 bridgehead atoms. The molecule has 0 radical (unpaired) electrons. The summed E-state index contributed by atoms with van der Waals surface area (Å²) >= 11 is 0. The summed E-state index contributed by atoms with van der Waals surface area (Å²) < 4.78 is 0. The highest BCUT2D eigenvalue weighted by Crippen LogP contribution is 2.36. The third-order valence-corrected chi connectivity index (χ3v) is 6.74. The van der Waals surface area contributed by atoms with Crippen molar-refractivity contribution in [3.05, 3.63) is 132 Å². The Kier molecular flexibility index (Phi) is 6.31. The molecular formula is C32H25N5O2. The SMILES string of the molecule is Cc1cc(NC(=O)c2ccccc2-c2ccccn2)ccc1C(=O)N1Cc2cccnc2Nc2ccccc21. The van der Waals surface area contributed by atoms with Crippen molar-refractivity contribution in [2.45, 2.75) is 13.5 Å². The van der Waals surface area contributed by atoms with Crippen LogP contribution in [0.5, 0.6) is 0 Å². The molecule has 0 fully saturated rings. The first-order valence-corrected chi connectivity index (χ1v) is 12.6. The molecule has 3 aromatic carbocycles. The van der Waals surface area contributed by atoms with E-state index in [0.29, 0.717) is 23.4 Å². The third kappa shape index (κ3) is 4.73. The number of fused-ring (bicyclic) bond motifs is 2. The van der Waals surface area contributed by atoms with E-state index in [1.165, 1.54) is 0 Å². The van der Waals surface area contributed by atoms with Gasteiger partial charge in [-0.25, -0.2) is 4.98 Å². The van der Waals surface area contributed by atoms with Gasteiger partial charge in [0, 0.05) is 40.3 Å². The minimum absolute atomic E-state index is 0.128. The number of amides is 2. The topological polar surface area (TPSA) is 87.2 Å². The number of nitrogens with one attached hydrogen (secondary N) is 2. The fraction of sp³-hybridized carbons (Fsp3) is 0.0625. The highest BCUT2D eigenvalue weighted by Gasteiger charge is 2.26. The minimum Gasteiger partial charge on any atom is -0.338 e. The Hall–Kier alpha value is -5.30. The predicted molar refractivity (Wildman–Crippen MR) is 153 cm³/mol. The van der Waals surface area contributed by atoms with Gasteiger partial charge in [0.05, 0.1) is 23.6 Å². The maximum Gasteiger partial charge on any atom is 0.258 e. The Labute approximate surface area is 226 Å². The van der Waals surface area contributed by atoms with E-state index in [0.717, 1.165) is 39.6 Å². The number of anilines is 4. The molecule has 0 saturated heterocycles. The summed E-state index contributed by atoms with van der Waals surface area (Å²) in [4.78, 5) is 37.8. The van der Waals surface area contributed by atoms with Crippen LogP contribution in [0, 0.1) is 6.92 Å². The second-order valence-electron chi connectivity index (χ2n) is 9.29. The monoisotopic (exact) mass is 511 g/mol. The van der Waals surface area contributed by atoms with Crippen molar-refractivity contribution in [1.82, 2.24) is 9.97 Å². The van der Waals surface area contributed by atoms with Crippen molar-refractivity contribution in [2.24, 2.45) is 0 Å². The van der Waals surface area contributed by atoms with Crippen molar-refractivity contribution in [3.63, 3.8) is 0 Å². The lowest BCUT2D eigenvalue weighted by atomic mass is 10.0. The lowest BCUT2D eigenvalue weighted by molar-refractivity contribution is 0.0983. The summed E-state index contributed by atoms with van der Waals surface area (Å²) in [5.41, 5.74) is 6.45. The second kappa shape index (κ2) is 10.2. The average Bonchev–Trinajstić information content (AvgIpc) is 3.14. The van der Waals surface area contributed by atoms with Gasteiger partial charge in [-0.05, 0) is 67.1 Å². The highest BCUT2D eigenvalue weighted by molar-refractivity contribution is 6.11. The zero-order valence-corrected chi connectivity index (χ0v) is 21.3. The number of benzene rings is 3. The Morgan fingerprint density at radius 3 is 2.46 bits per heavy atom. The molecule has 0 atom stereocenters. The van der Waals surface area contributed by atoms with E-state index in [4.69, 9.17) is 0 Å². The molecule has 5 aromatic rings. The molecule has 0 aliphatic carbocycles. The Bertz CT molecular complexity index is 1700. The molecule has 1 aliphatic rings. The van der Waals surface area contributed by atoms with Crippen molar-refractivity contribution < 1.29 is 9.59 Å². The third-order valence-electron chi connectivity index (χ3n) is 6.74. The van der Waals surface area contributed by atoms with E-state index in [1.54, 1.807) is 35.5 Å². The Morgan fingerprint density at radius 2 is 1.62 bits per heavy atom. The zero-order chi connectivity index (χ0) is 26.8. The molecule has 39 heavy (non-hydrogen) atoms.